The van der Waals surface area contributed by atoms with E-state index in [0.717, 1.165) is 54.0 Å². The summed E-state index contributed by atoms with van der Waals surface area (Å²) in [6, 6.07) is 33.8. The van der Waals surface area contributed by atoms with Gasteiger partial charge in [-0.2, -0.15) is 0 Å². The van der Waals surface area contributed by atoms with Gasteiger partial charge in [0.15, 0.2) is 0 Å². The normalized spacial score (nSPS) is 12.3. The molecular formula is C30H16BrNO2. The van der Waals surface area contributed by atoms with Gasteiger partial charge in [-0.05, 0) is 64.5 Å². The Bertz CT molecular complexity index is 2040. The van der Waals surface area contributed by atoms with Crippen molar-refractivity contribution in [3.05, 3.63) is 102 Å². The number of furan rings is 2. The molecule has 0 fully saturated rings. The third kappa shape index (κ3) is 2.31. The molecule has 0 aliphatic rings. The van der Waals surface area contributed by atoms with Gasteiger partial charge in [0.2, 0.25) is 0 Å². The lowest BCUT2D eigenvalue weighted by Gasteiger charge is -2.08. The Morgan fingerprint density at radius 3 is 1.91 bits per heavy atom. The zero-order valence-electron chi connectivity index (χ0n) is 17.9. The zero-order valence-corrected chi connectivity index (χ0v) is 19.5. The van der Waals surface area contributed by atoms with Gasteiger partial charge in [0.05, 0.1) is 15.5 Å². The Kier molecular flexibility index (Phi) is 3.53. The number of aromatic nitrogens is 1. The van der Waals surface area contributed by atoms with Crippen LogP contribution >= 0.6 is 15.9 Å². The van der Waals surface area contributed by atoms with E-state index in [-0.39, 0.29) is 0 Å². The average Bonchev–Trinajstić information content (AvgIpc) is 3.53. The Balaban J connectivity index is 1.53. The summed E-state index contributed by atoms with van der Waals surface area (Å²) in [6.45, 7) is 0. The van der Waals surface area contributed by atoms with E-state index in [1.54, 1.807) is 0 Å². The Hall–Kier alpha value is -4.02. The number of para-hydroxylation sites is 3. The van der Waals surface area contributed by atoms with Crippen molar-refractivity contribution in [1.82, 2.24) is 4.57 Å². The first-order chi connectivity index (χ1) is 16.8. The molecule has 3 nitrogen and oxygen atoms in total. The number of benzene rings is 5. The highest BCUT2D eigenvalue weighted by Gasteiger charge is 2.19. The first-order valence-electron chi connectivity index (χ1n) is 11.2. The predicted octanol–water partition coefficient (Wildman–Crippen LogP) is 9.34. The topological polar surface area (TPSA) is 31.2 Å². The van der Waals surface area contributed by atoms with Crippen LogP contribution < -0.4 is 0 Å². The van der Waals surface area contributed by atoms with Gasteiger partial charge in [-0.3, -0.25) is 0 Å². The van der Waals surface area contributed by atoms with Crippen LogP contribution in [0.5, 0.6) is 0 Å². The second-order valence-electron chi connectivity index (χ2n) is 8.68. The van der Waals surface area contributed by atoms with Crippen molar-refractivity contribution < 1.29 is 8.83 Å². The summed E-state index contributed by atoms with van der Waals surface area (Å²) in [7, 11) is 0. The van der Waals surface area contributed by atoms with Crippen LogP contribution in [0.15, 0.2) is 110 Å². The number of fused-ring (bicyclic) bond motifs is 10. The molecular weight excluding hydrogens is 486 g/mol. The fourth-order valence-corrected chi connectivity index (χ4v) is 5.90. The van der Waals surface area contributed by atoms with Crippen LogP contribution in [0.4, 0.5) is 0 Å². The summed E-state index contributed by atoms with van der Waals surface area (Å²) in [6.07, 6.45) is 0. The van der Waals surface area contributed by atoms with E-state index in [4.69, 9.17) is 8.83 Å². The van der Waals surface area contributed by atoms with Gasteiger partial charge in [0, 0.05) is 38.0 Å². The van der Waals surface area contributed by atoms with Gasteiger partial charge < -0.3 is 13.4 Å². The Labute approximate surface area is 201 Å². The minimum Gasteiger partial charge on any atom is -0.456 e. The predicted molar refractivity (Wildman–Crippen MR) is 143 cm³/mol. The van der Waals surface area contributed by atoms with Crippen LogP contribution in [0.3, 0.4) is 0 Å². The van der Waals surface area contributed by atoms with Crippen molar-refractivity contribution in [3.8, 4) is 5.69 Å². The smallest absolute Gasteiger partial charge is 0.149 e. The molecule has 5 aromatic carbocycles. The van der Waals surface area contributed by atoms with Gasteiger partial charge in [-0.25, -0.2) is 0 Å². The standard InChI is InChI=1S/C30H16BrNO2/c31-22-9-5-8-20-28-27(34-30(20)22)15-14-26-29(28)21-16-17(12-13-25(21)33-26)32-23-10-3-1-6-18(23)19-7-2-4-11-24(19)32/h1-16H. The lowest BCUT2D eigenvalue weighted by atomic mass is 10.0. The summed E-state index contributed by atoms with van der Waals surface area (Å²) in [5.74, 6) is 0. The van der Waals surface area contributed by atoms with Crippen LogP contribution in [0, 0.1) is 0 Å². The van der Waals surface area contributed by atoms with Crippen molar-refractivity contribution >= 4 is 81.6 Å². The largest absolute Gasteiger partial charge is 0.456 e. The van der Waals surface area contributed by atoms with Crippen molar-refractivity contribution in [3.63, 3.8) is 0 Å². The second kappa shape index (κ2) is 6.52. The Morgan fingerprint density at radius 1 is 0.529 bits per heavy atom. The lowest BCUT2D eigenvalue weighted by Crippen LogP contribution is -1.93. The summed E-state index contributed by atoms with van der Waals surface area (Å²) in [5.41, 5.74) is 6.95. The van der Waals surface area contributed by atoms with E-state index in [9.17, 15) is 0 Å². The van der Waals surface area contributed by atoms with Crippen LogP contribution in [0.1, 0.15) is 0 Å². The molecule has 34 heavy (non-hydrogen) atoms. The molecule has 0 amide bonds. The molecule has 8 rings (SSSR count). The molecule has 0 radical (unpaired) electrons. The van der Waals surface area contributed by atoms with Crippen molar-refractivity contribution in [2.75, 3.05) is 0 Å². The van der Waals surface area contributed by atoms with Gasteiger partial charge in [-0.1, -0.05) is 48.5 Å². The number of hydrogen-bond donors (Lipinski definition) is 0. The van der Waals surface area contributed by atoms with Crippen molar-refractivity contribution in [2.24, 2.45) is 0 Å². The molecule has 0 saturated carbocycles. The average molecular weight is 502 g/mol. The molecule has 160 valence electrons. The molecule has 0 unspecified atom stereocenters. The SMILES string of the molecule is Brc1cccc2c1oc1ccc3oc4ccc(-n5c6ccccc6c6ccccc65)cc4c3c12. The third-order valence-electron chi connectivity index (χ3n) is 6.87. The van der Waals surface area contributed by atoms with Crippen molar-refractivity contribution in [1.29, 1.82) is 0 Å². The molecule has 0 spiro atoms. The van der Waals surface area contributed by atoms with Gasteiger partial charge in [0.25, 0.3) is 0 Å². The lowest BCUT2D eigenvalue weighted by molar-refractivity contribution is 0.661. The molecule has 8 aromatic rings. The summed E-state index contributed by atoms with van der Waals surface area (Å²) in [4.78, 5) is 0. The van der Waals surface area contributed by atoms with Crippen LogP contribution in [0.2, 0.25) is 0 Å². The van der Waals surface area contributed by atoms with E-state index in [0.29, 0.717) is 0 Å². The van der Waals surface area contributed by atoms with Gasteiger partial charge in [0.1, 0.15) is 22.3 Å². The molecule has 0 bridgehead atoms. The van der Waals surface area contributed by atoms with Gasteiger partial charge >= 0.3 is 0 Å². The molecule has 3 heterocycles. The molecule has 0 atom stereocenters. The third-order valence-corrected chi connectivity index (χ3v) is 7.49. The summed E-state index contributed by atoms with van der Waals surface area (Å²) in [5, 5.41) is 6.85. The van der Waals surface area contributed by atoms with Crippen molar-refractivity contribution in [2.45, 2.75) is 0 Å². The van der Waals surface area contributed by atoms with Crippen LogP contribution in [0.25, 0.3) is 71.4 Å². The molecule has 0 aliphatic heterocycles. The number of nitrogens with zero attached hydrogens (tertiary/aromatic N) is 1. The van der Waals surface area contributed by atoms with Gasteiger partial charge in [-0.15, -0.1) is 0 Å². The number of hydrogen-bond acceptors (Lipinski definition) is 2. The van der Waals surface area contributed by atoms with Crippen LogP contribution in [-0.2, 0) is 0 Å². The Morgan fingerprint density at radius 2 is 1.15 bits per heavy atom. The fourth-order valence-electron chi connectivity index (χ4n) is 5.45. The molecule has 0 aliphatic carbocycles. The maximum atomic E-state index is 6.29. The van der Waals surface area contributed by atoms with E-state index in [1.807, 2.05) is 24.3 Å². The number of rotatable bonds is 1. The minimum atomic E-state index is 0.859. The van der Waals surface area contributed by atoms with Crippen LogP contribution in [-0.4, -0.2) is 4.57 Å². The summed E-state index contributed by atoms with van der Waals surface area (Å²) < 4.78 is 15.8. The van der Waals surface area contributed by atoms with E-state index >= 15 is 0 Å². The van der Waals surface area contributed by atoms with E-state index in [2.05, 4.69) is 93.3 Å². The highest BCUT2D eigenvalue weighted by molar-refractivity contribution is 9.10. The molecule has 0 saturated heterocycles. The minimum absolute atomic E-state index is 0.859. The monoisotopic (exact) mass is 501 g/mol. The molecule has 4 heteroatoms. The highest BCUT2D eigenvalue weighted by Crippen LogP contribution is 2.42. The first-order valence-corrected chi connectivity index (χ1v) is 12.0. The number of halogens is 1. The summed E-state index contributed by atoms with van der Waals surface area (Å²) >= 11 is 3.64. The second-order valence-corrected chi connectivity index (χ2v) is 9.54. The maximum absolute atomic E-state index is 6.29. The zero-order chi connectivity index (χ0) is 22.4. The maximum Gasteiger partial charge on any atom is 0.149 e. The van der Waals surface area contributed by atoms with E-state index in [1.165, 1.54) is 21.8 Å². The quantitative estimate of drug-likeness (QED) is 0.224. The molecule has 0 N–H and O–H groups in total. The molecule has 3 aromatic heterocycles. The highest BCUT2D eigenvalue weighted by atomic mass is 79.9. The first kappa shape index (κ1) is 18.4. The fraction of sp³-hybridized carbons (Fsp3) is 0. The van der Waals surface area contributed by atoms with E-state index < -0.39 is 0 Å².